The van der Waals surface area contributed by atoms with Crippen molar-refractivity contribution in [2.75, 3.05) is 16.3 Å². The minimum Gasteiger partial charge on any atom is -0.340 e. The van der Waals surface area contributed by atoms with Crippen LogP contribution in [0.3, 0.4) is 0 Å². The molecule has 0 saturated carbocycles. The molecule has 0 unspecified atom stereocenters. The van der Waals surface area contributed by atoms with Crippen molar-refractivity contribution in [1.29, 1.82) is 0 Å². The normalized spacial score (nSPS) is 12.8. The van der Waals surface area contributed by atoms with Crippen LogP contribution in [0.2, 0.25) is 0 Å². The van der Waals surface area contributed by atoms with Crippen molar-refractivity contribution >= 4 is 39.3 Å². The molecule has 0 saturated heterocycles. The van der Waals surface area contributed by atoms with Gasteiger partial charge < -0.3 is 9.80 Å². The number of nitrogens with zero attached hydrogens (tertiary/aromatic N) is 4. The first-order valence-corrected chi connectivity index (χ1v) is 19.3. The second kappa shape index (κ2) is 13.2. The molecule has 2 aromatic heterocycles. The summed E-state index contributed by atoms with van der Waals surface area (Å²) >= 11 is 0. The summed E-state index contributed by atoms with van der Waals surface area (Å²) < 4.78 is 0. The average Bonchev–Trinajstić information content (AvgIpc) is 3.66. The zero-order chi connectivity index (χ0) is 37.0. The predicted molar refractivity (Wildman–Crippen MR) is 232 cm³/mol. The van der Waals surface area contributed by atoms with E-state index in [9.17, 15) is 0 Å². The SMILES string of the molecule is c1ccc(-c2ccc(-c3cc(-c4cccc5cccnc45)cc(N4c5ccccc5-c5ccccc5-c5c4ccc4c5N(c5ccccc5)CC4)c3)nc2)cc1. The van der Waals surface area contributed by atoms with Gasteiger partial charge in [0, 0.05) is 63.5 Å². The largest absolute Gasteiger partial charge is 0.340 e. The van der Waals surface area contributed by atoms with E-state index in [4.69, 9.17) is 9.97 Å². The summed E-state index contributed by atoms with van der Waals surface area (Å²) in [6.07, 6.45) is 4.87. The van der Waals surface area contributed by atoms with E-state index in [2.05, 4.69) is 180 Å². The maximum absolute atomic E-state index is 5.10. The number of anilines is 5. The maximum atomic E-state index is 5.10. The van der Waals surface area contributed by atoms with Gasteiger partial charge in [0.1, 0.15) is 0 Å². The summed E-state index contributed by atoms with van der Waals surface area (Å²) in [5.74, 6) is 0. The van der Waals surface area contributed by atoms with Gasteiger partial charge in [0.15, 0.2) is 0 Å². The first-order valence-electron chi connectivity index (χ1n) is 19.3. The maximum Gasteiger partial charge on any atom is 0.0780 e. The Labute approximate surface area is 326 Å². The molecule has 0 atom stereocenters. The Balaban J connectivity index is 1.19. The fraction of sp³-hybridized carbons (Fsp3) is 0.0385. The van der Waals surface area contributed by atoms with Crippen LogP contribution in [0.15, 0.2) is 194 Å². The summed E-state index contributed by atoms with van der Waals surface area (Å²) in [5.41, 5.74) is 19.5. The number of rotatable bonds is 5. The van der Waals surface area contributed by atoms with Crippen LogP contribution in [0.4, 0.5) is 28.4 Å². The lowest BCUT2D eigenvalue weighted by Crippen LogP contribution is -2.16. The van der Waals surface area contributed by atoms with Gasteiger partial charge in [0.2, 0.25) is 0 Å². The molecular formula is C52H36N4. The molecule has 0 bridgehead atoms. The van der Waals surface area contributed by atoms with Crippen LogP contribution in [-0.2, 0) is 6.42 Å². The highest BCUT2D eigenvalue weighted by atomic mass is 15.2. The lowest BCUT2D eigenvalue weighted by Gasteiger charge is -2.30. The van der Waals surface area contributed by atoms with Gasteiger partial charge in [0.25, 0.3) is 0 Å². The smallest absolute Gasteiger partial charge is 0.0780 e. The molecule has 0 aliphatic carbocycles. The second-order valence-corrected chi connectivity index (χ2v) is 14.6. The van der Waals surface area contributed by atoms with Crippen LogP contribution in [0.1, 0.15) is 5.56 Å². The molecule has 264 valence electrons. The van der Waals surface area contributed by atoms with Crippen LogP contribution >= 0.6 is 0 Å². The molecule has 0 amide bonds. The number of hydrogen-bond donors (Lipinski definition) is 0. The number of benzene rings is 7. The summed E-state index contributed by atoms with van der Waals surface area (Å²) in [5, 5.41) is 1.11. The van der Waals surface area contributed by atoms with Gasteiger partial charge in [-0.1, -0.05) is 127 Å². The van der Waals surface area contributed by atoms with Crippen molar-refractivity contribution in [3.8, 4) is 55.8 Å². The van der Waals surface area contributed by atoms with E-state index in [1.54, 1.807) is 0 Å². The fourth-order valence-electron chi connectivity index (χ4n) is 8.78. The van der Waals surface area contributed by atoms with E-state index in [1.165, 1.54) is 39.2 Å². The molecule has 0 fully saturated rings. The summed E-state index contributed by atoms with van der Waals surface area (Å²) in [4.78, 5) is 15.0. The van der Waals surface area contributed by atoms with Crippen molar-refractivity contribution < 1.29 is 0 Å². The molecule has 7 aromatic carbocycles. The first kappa shape index (κ1) is 32.2. The van der Waals surface area contributed by atoms with Crippen LogP contribution in [-0.4, -0.2) is 16.5 Å². The molecule has 2 aliphatic heterocycles. The van der Waals surface area contributed by atoms with E-state index < -0.39 is 0 Å². The van der Waals surface area contributed by atoms with Crippen molar-refractivity contribution in [1.82, 2.24) is 9.97 Å². The number of aromatic nitrogens is 2. The lowest BCUT2D eigenvalue weighted by atomic mass is 9.92. The zero-order valence-corrected chi connectivity index (χ0v) is 30.7. The van der Waals surface area contributed by atoms with Crippen molar-refractivity contribution in [2.45, 2.75) is 6.42 Å². The van der Waals surface area contributed by atoms with E-state index in [0.717, 1.165) is 74.4 Å². The Morgan fingerprint density at radius 2 is 1.18 bits per heavy atom. The molecule has 11 rings (SSSR count). The minimum absolute atomic E-state index is 0.914. The molecular weight excluding hydrogens is 681 g/mol. The third-order valence-electron chi connectivity index (χ3n) is 11.3. The molecule has 2 aliphatic rings. The van der Waals surface area contributed by atoms with Crippen molar-refractivity contribution in [2.24, 2.45) is 0 Å². The van der Waals surface area contributed by atoms with Gasteiger partial charge in [0.05, 0.1) is 28.3 Å². The lowest BCUT2D eigenvalue weighted by molar-refractivity contribution is 0.999. The van der Waals surface area contributed by atoms with Crippen LogP contribution in [0.25, 0.3) is 66.7 Å². The Hall–Kier alpha value is -7.30. The highest BCUT2D eigenvalue weighted by Gasteiger charge is 2.33. The molecule has 56 heavy (non-hydrogen) atoms. The Kier molecular flexibility index (Phi) is 7.59. The van der Waals surface area contributed by atoms with Gasteiger partial charge in [-0.15, -0.1) is 0 Å². The van der Waals surface area contributed by atoms with Gasteiger partial charge in [-0.05, 0) is 88.8 Å². The Morgan fingerprint density at radius 1 is 0.446 bits per heavy atom. The van der Waals surface area contributed by atoms with E-state index in [1.807, 2.05) is 24.5 Å². The predicted octanol–water partition coefficient (Wildman–Crippen LogP) is 13.4. The highest BCUT2D eigenvalue weighted by Crippen LogP contribution is 2.56. The van der Waals surface area contributed by atoms with Gasteiger partial charge in [-0.25, -0.2) is 0 Å². The molecule has 4 nitrogen and oxygen atoms in total. The topological polar surface area (TPSA) is 32.3 Å². The third kappa shape index (κ3) is 5.30. The molecule has 4 heterocycles. The Morgan fingerprint density at radius 3 is 2.02 bits per heavy atom. The molecule has 4 heteroatoms. The van der Waals surface area contributed by atoms with Gasteiger partial charge in [-0.2, -0.15) is 0 Å². The number of para-hydroxylation sites is 3. The van der Waals surface area contributed by atoms with Gasteiger partial charge >= 0.3 is 0 Å². The van der Waals surface area contributed by atoms with Crippen LogP contribution in [0.5, 0.6) is 0 Å². The first-order chi connectivity index (χ1) is 27.8. The highest BCUT2D eigenvalue weighted by molar-refractivity contribution is 6.08. The standard InChI is InChI=1S/C52H36N4/c1-3-13-35(14-4-1)38-24-26-47(54-34-38)40-31-39(43-22-11-15-36-16-12-29-53-51(36)43)32-42(33-40)56-48-23-10-9-20-45(48)44-19-7-8-21-46(44)50-49(56)27-25-37-28-30-55(52(37)50)41-17-5-2-6-18-41/h1-27,29,31-34H,28,30H2. The minimum atomic E-state index is 0.914. The van der Waals surface area contributed by atoms with E-state index >= 15 is 0 Å². The summed E-state index contributed by atoms with van der Waals surface area (Å²) in [7, 11) is 0. The summed E-state index contributed by atoms with van der Waals surface area (Å²) in [6.45, 7) is 0.934. The second-order valence-electron chi connectivity index (χ2n) is 14.6. The molecule has 0 spiro atoms. The molecule has 9 aromatic rings. The average molecular weight is 717 g/mol. The molecule has 0 radical (unpaired) electrons. The molecule has 0 N–H and O–H groups in total. The number of hydrogen-bond acceptors (Lipinski definition) is 4. The van der Waals surface area contributed by atoms with Crippen molar-refractivity contribution in [3.63, 3.8) is 0 Å². The van der Waals surface area contributed by atoms with Crippen LogP contribution < -0.4 is 9.80 Å². The quantitative estimate of drug-likeness (QED) is 0.177. The number of fused-ring (bicyclic) bond motifs is 8. The monoisotopic (exact) mass is 716 g/mol. The fourth-order valence-corrected chi connectivity index (χ4v) is 8.78. The van der Waals surface area contributed by atoms with Crippen molar-refractivity contribution in [3.05, 3.63) is 200 Å². The zero-order valence-electron chi connectivity index (χ0n) is 30.7. The van der Waals surface area contributed by atoms with Gasteiger partial charge in [-0.3, -0.25) is 9.97 Å². The Bertz CT molecular complexity index is 2910. The van der Waals surface area contributed by atoms with E-state index in [0.29, 0.717) is 0 Å². The third-order valence-corrected chi connectivity index (χ3v) is 11.3. The summed E-state index contributed by atoms with van der Waals surface area (Å²) in [6, 6.07) is 65.6. The number of pyridine rings is 2. The van der Waals surface area contributed by atoms with Crippen LogP contribution in [0, 0.1) is 0 Å². The van der Waals surface area contributed by atoms with E-state index in [-0.39, 0.29) is 0 Å².